The summed E-state index contributed by atoms with van der Waals surface area (Å²) >= 11 is 0. The molecule has 0 bridgehead atoms. The van der Waals surface area contributed by atoms with E-state index in [2.05, 4.69) is 55.5 Å². The van der Waals surface area contributed by atoms with Gasteiger partial charge in [0.25, 0.3) is 0 Å². The number of hydrogen-bond acceptors (Lipinski definition) is 2. The average Bonchev–Trinajstić information content (AvgIpc) is 3.36. The zero-order valence-corrected chi connectivity index (χ0v) is 13.2. The maximum absolute atomic E-state index is 5.91. The second-order valence-electron chi connectivity index (χ2n) is 5.61. The molecule has 22 heavy (non-hydrogen) atoms. The molecule has 0 aliphatic carbocycles. The van der Waals surface area contributed by atoms with Crippen molar-refractivity contribution in [3.63, 3.8) is 0 Å². The first-order valence-corrected chi connectivity index (χ1v) is 9.42. The first-order valence-electron chi connectivity index (χ1n) is 7.35. The molecule has 1 aliphatic heterocycles. The Kier molecular flexibility index (Phi) is 2.95. The molecule has 1 saturated heterocycles. The van der Waals surface area contributed by atoms with Gasteiger partial charge in [-0.05, 0) is 0 Å². The molecule has 1 heterocycles. The van der Waals surface area contributed by atoms with Crippen LogP contribution in [0.25, 0.3) is 0 Å². The molecule has 1 aliphatic rings. The molecule has 0 N–H and O–H groups in total. The van der Waals surface area contributed by atoms with Crippen molar-refractivity contribution in [1.82, 2.24) is 0 Å². The first kappa shape index (κ1) is 13.7. The Bertz CT molecular complexity index is 750. The van der Waals surface area contributed by atoms with Crippen molar-refractivity contribution in [3.05, 3.63) is 90.5 Å². The monoisotopic (exact) mass is 308 g/mol. The van der Waals surface area contributed by atoms with E-state index in [1.807, 2.05) is 36.4 Å². The van der Waals surface area contributed by atoms with Crippen LogP contribution < -0.4 is 15.9 Å². The van der Waals surface area contributed by atoms with E-state index in [-0.39, 0.29) is 0 Å². The molecule has 0 radical (unpaired) electrons. The third kappa shape index (κ3) is 1.72. The van der Waals surface area contributed by atoms with Crippen molar-refractivity contribution >= 4 is 23.0 Å². The predicted octanol–water partition coefficient (Wildman–Crippen LogP) is 3.62. The average molecular weight is 308 g/mol. The molecule has 0 amide bonds. The Morgan fingerprint density at radius 3 is 1.36 bits per heavy atom. The standard InChI is InChI=1S/C19H17O2P/c1-16-12-14-19(15-13-16)22(20-21-22,17-8-4-2-5-9-17)18-10-6-3-7-11-18/h2-15H,1H3. The molecule has 3 aromatic rings. The van der Waals surface area contributed by atoms with Crippen molar-refractivity contribution in [1.29, 1.82) is 0 Å². The van der Waals surface area contributed by atoms with Crippen molar-refractivity contribution in [2.45, 2.75) is 6.92 Å². The van der Waals surface area contributed by atoms with E-state index in [0.717, 1.165) is 15.9 Å². The molecule has 0 saturated carbocycles. The summed E-state index contributed by atoms with van der Waals surface area (Å²) in [6.07, 6.45) is 0. The van der Waals surface area contributed by atoms with Crippen LogP contribution in [0.2, 0.25) is 0 Å². The first-order chi connectivity index (χ1) is 10.8. The summed E-state index contributed by atoms with van der Waals surface area (Å²) in [6, 6.07) is 29.0. The van der Waals surface area contributed by atoms with Crippen LogP contribution in [-0.2, 0) is 9.35 Å². The molecule has 2 nitrogen and oxygen atoms in total. The quantitative estimate of drug-likeness (QED) is 0.419. The minimum atomic E-state index is -3.15. The van der Waals surface area contributed by atoms with E-state index in [0.29, 0.717) is 0 Å². The van der Waals surface area contributed by atoms with Crippen LogP contribution >= 0.6 is 7.06 Å². The topological polar surface area (TPSA) is 25.1 Å². The van der Waals surface area contributed by atoms with Crippen LogP contribution in [0.1, 0.15) is 5.56 Å². The number of rotatable bonds is 3. The van der Waals surface area contributed by atoms with E-state index in [4.69, 9.17) is 9.35 Å². The normalized spacial score (nSPS) is 19.8. The van der Waals surface area contributed by atoms with Gasteiger partial charge in [0.15, 0.2) is 0 Å². The Morgan fingerprint density at radius 1 is 0.545 bits per heavy atom. The molecule has 3 aromatic carbocycles. The Hall–Kier alpha value is -1.99. The van der Waals surface area contributed by atoms with Crippen LogP contribution in [0.3, 0.4) is 0 Å². The van der Waals surface area contributed by atoms with Crippen molar-refractivity contribution in [3.8, 4) is 0 Å². The third-order valence-corrected chi connectivity index (χ3v) is 8.56. The fraction of sp³-hybridized carbons (Fsp3) is 0.0526. The van der Waals surface area contributed by atoms with Gasteiger partial charge >= 0.3 is 130 Å². The summed E-state index contributed by atoms with van der Waals surface area (Å²) in [5, 5.41) is 3.31. The van der Waals surface area contributed by atoms with Crippen LogP contribution in [0, 0.1) is 6.92 Å². The van der Waals surface area contributed by atoms with Crippen molar-refractivity contribution < 1.29 is 9.35 Å². The Balaban J connectivity index is 2.04. The summed E-state index contributed by atoms with van der Waals surface area (Å²) in [6.45, 7) is 2.09. The summed E-state index contributed by atoms with van der Waals surface area (Å²) in [7, 11) is -3.15. The van der Waals surface area contributed by atoms with Gasteiger partial charge in [-0.2, -0.15) is 0 Å². The maximum atomic E-state index is 5.91. The number of aryl methyl sites for hydroxylation is 1. The second-order valence-corrected chi connectivity index (χ2v) is 9.38. The SMILES string of the molecule is Cc1ccc(P2(c3ccccc3)(c3ccccc3)OO2)cc1. The van der Waals surface area contributed by atoms with E-state index < -0.39 is 7.06 Å². The van der Waals surface area contributed by atoms with E-state index >= 15 is 0 Å². The second kappa shape index (κ2) is 4.76. The summed E-state index contributed by atoms with van der Waals surface area (Å²) in [4.78, 5) is 0. The third-order valence-electron chi connectivity index (χ3n) is 4.25. The molecule has 1 fully saturated rings. The van der Waals surface area contributed by atoms with Gasteiger partial charge in [-0.1, -0.05) is 0 Å². The van der Waals surface area contributed by atoms with E-state index in [1.54, 1.807) is 0 Å². The fourth-order valence-corrected chi connectivity index (χ4v) is 6.90. The van der Waals surface area contributed by atoms with E-state index in [1.165, 1.54) is 5.56 Å². The summed E-state index contributed by atoms with van der Waals surface area (Å²) in [5.41, 5.74) is 1.23. The van der Waals surface area contributed by atoms with Gasteiger partial charge in [-0.3, -0.25) is 0 Å². The van der Waals surface area contributed by atoms with Gasteiger partial charge < -0.3 is 0 Å². The van der Waals surface area contributed by atoms with Gasteiger partial charge in [-0.15, -0.1) is 0 Å². The Morgan fingerprint density at radius 2 is 0.955 bits per heavy atom. The zero-order valence-electron chi connectivity index (χ0n) is 12.3. The molecule has 4 rings (SSSR count). The van der Waals surface area contributed by atoms with Crippen LogP contribution in [-0.4, -0.2) is 0 Å². The van der Waals surface area contributed by atoms with Crippen LogP contribution in [0.4, 0.5) is 0 Å². The molecule has 3 heteroatoms. The molecular formula is C19H17O2P. The molecule has 110 valence electrons. The molecule has 0 spiro atoms. The summed E-state index contributed by atoms with van der Waals surface area (Å²) < 4.78 is 11.8. The molecule has 0 atom stereocenters. The Labute approximate surface area is 130 Å². The van der Waals surface area contributed by atoms with Gasteiger partial charge in [0, 0.05) is 0 Å². The van der Waals surface area contributed by atoms with Crippen molar-refractivity contribution in [2.24, 2.45) is 0 Å². The fourth-order valence-electron chi connectivity index (χ4n) is 2.97. The minimum absolute atomic E-state index is 1.10. The molecular weight excluding hydrogens is 291 g/mol. The molecule has 0 aromatic heterocycles. The van der Waals surface area contributed by atoms with Gasteiger partial charge in [-0.25, -0.2) is 0 Å². The predicted molar refractivity (Wildman–Crippen MR) is 92.1 cm³/mol. The summed E-state index contributed by atoms with van der Waals surface area (Å²) in [5.74, 6) is 0. The zero-order chi connectivity index (χ0) is 15.1. The molecule has 0 unspecified atom stereocenters. The number of hydrogen-bond donors (Lipinski definition) is 0. The van der Waals surface area contributed by atoms with E-state index in [9.17, 15) is 0 Å². The van der Waals surface area contributed by atoms with Crippen LogP contribution in [0.15, 0.2) is 84.9 Å². The van der Waals surface area contributed by atoms with Gasteiger partial charge in [0.1, 0.15) is 0 Å². The van der Waals surface area contributed by atoms with Crippen LogP contribution in [0.5, 0.6) is 0 Å². The number of benzene rings is 3. The van der Waals surface area contributed by atoms with Gasteiger partial charge in [0.2, 0.25) is 0 Å². The van der Waals surface area contributed by atoms with Gasteiger partial charge in [0.05, 0.1) is 0 Å². The van der Waals surface area contributed by atoms with Crippen molar-refractivity contribution in [2.75, 3.05) is 0 Å².